The Kier molecular flexibility index (Phi) is 2.66. The van der Waals surface area contributed by atoms with Gasteiger partial charge in [-0.3, -0.25) is 0 Å². The van der Waals surface area contributed by atoms with Crippen LogP contribution in [0.2, 0.25) is 0 Å². The Bertz CT molecular complexity index is 549. The van der Waals surface area contributed by atoms with E-state index in [1.54, 1.807) is 11.1 Å². The number of rotatable bonds is 1. The van der Waals surface area contributed by atoms with Crippen LogP contribution in [0.4, 0.5) is 0 Å². The van der Waals surface area contributed by atoms with Crippen molar-refractivity contribution in [1.29, 1.82) is 0 Å². The molecule has 0 heteroatoms. The van der Waals surface area contributed by atoms with Gasteiger partial charge in [0.1, 0.15) is 0 Å². The highest BCUT2D eigenvalue weighted by Crippen LogP contribution is 2.31. The average molecular weight is 224 g/mol. The first kappa shape index (κ1) is 10.8. The van der Waals surface area contributed by atoms with E-state index in [9.17, 15) is 0 Å². The maximum absolute atomic E-state index is 2.46. The third-order valence-electron chi connectivity index (χ3n) is 4.00. The number of fused-ring (bicyclic) bond motifs is 2. The van der Waals surface area contributed by atoms with E-state index in [0.717, 1.165) is 0 Å². The Hall–Kier alpha value is -1.30. The lowest BCUT2D eigenvalue weighted by Gasteiger charge is -2.18. The van der Waals surface area contributed by atoms with Gasteiger partial charge in [-0.15, -0.1) is 0 Å². The van der Waals surface area contributed by atoms with E-state index in [1.807, 2.05) is 0 Å². The normalized spacial score (nSPS) is 15.2. The lowest BCUT2D eigenvalue weighted by Crippen LogP contribution is -2.03. The van der Waals surface area contributed by atoms with Crippen molar-refractivity contribution in [2.75, 3.05) is 0 Å². The summed E-state index contributed by atoms with van der Waals surface area (Å²) < 4.78 is 0. The van der Waals surface area contributed by atoms with Crippen molar-refractivity contribution in [3.8, 4) is 0 Å². The lowest BCUT2D eigenvalue weighted by atomic mass is 9.87. The fraction of sp³-hybridized carbons (Fsp3) is 0.412. The van der Waals surface area contributed by atoms with Gasteiger partial charge >= 0.3 is 0 Å². The van der Waals surface area contributed by atoms with Crippen LogP contribution in [0, 0.1) is 0 Å². The maximum Gasteiger partial charge on any atom is -0.0146 e. The van der Waals surface area contributed by atoms with Gasteiger partial charge in [-0.2, -0.15) is 0 Å². The van der Waals surface area contributed by atoms with Crippen LogP contribution in [0.15, 0.2) is 30.3 Å². The summed E-state index contributed by atoms with van der Waals surface area (Å²) in [4.78, 5) is 0. The summed E-state index contributed by atoms with van der Waals surface area (Å²) in [7, 11) is 0. The van der Waals surface area contributed by atoms with Crippen LogP contribution in [-0.4, -0.2) is 0 Å². The van der Waals surface area contributed by atoms with Crippen molar-refractivity contribution in [3.63, 3.8) is 0 Å². The second-order valence-corrected chi connectivity index (χ2v) is 5.55. The zero-order valence-corrected chi connectivity index (χ0v) is 10.8. The molecule has 88 valence electrons. The summed E-state index contributed by atoms with van der Waals surface area (Å²) in [6.07, 6.45) is 5.28. The van der Waals surface area contributed by atoms with Gasteiger partial charge in [0.2, 0.25) is 0 Å². The van der Waals surface area contributed by atoms with Crippen LogP contribution in [-0.2, 0) is 12.8 Å². The molecule has 0 aromatic heterocycles. The van der Waals surface area contributed by atoms with Crippen LogP contribution >= 0.6 is 0 Å². The predicted molar refractivity (Wildman–Crippen MR) is 74.7 cm³/mol. The van der Waals surface area contributed by atoms with Crippen LogP contribution in [0.25, 0.3) is 10.8 Å². The second-order valence-electron chi connectivity index (χ2n) is 5.55. The molecule has 0 nitrogen and oxygen atoms in total. The van der Waals surface area contributed by atoms with Crippen molar-refractivity contribution in [2.45, 2.75) is 45.4 Å². The molecule has 0 atom stereocenters. The third kappa shape index (κ3) is 1.86. The Morgan fingerprint density at radius 2 is 1.65 bits per heavy atom. The lowest BCUT2D eigenvalue weighted by molar-refractivity contribution is 0.687. The summed E-state index contributed by atoms with van der Waals surface area (Å²) in [5.41, 5.74) is 4.68. The Morgan fingerprint density at radius 1 is 0.941 bits per heavy atom. The molecule has 0 unspecified atom stereocenters. The first-order chi connectivity index (χ1) is 8.25. The molecule has 1 aliphatic rings. The molecule has 0 amide bonds. The number of hydrogen-bond donors (Lipinski definition) is 0. The summed E-state index contributed by atoms with van der Waals surface area (Å²) >= 11 is 0. The number of hydrogen-bond acceptors (Lipinski definition) is 0. The minimum atomic E-state index is 0.611. The number of benzene rings is 2. The van der Waals surface area contributed by atoms with E-state index < -0.39 is 0 Å². The van der Waals surface area contributed by atoms with Crippen molar-refractivity contribution < 1.29 is 0 Å². The summed E-state index contributed by atoms with van der Waals surface area (Å²) in [6.45, 7) is 4.57. The van der Waals surface area contributed by atoms with Gasteiger partial charge in [0, 0.05) is 0 Å². The molecule has 0 saturated carbocycles. The standard InChI is InChI=1S/C17H20/c1-12(2)16-9-5-8-15-10-13-6-3-4-7-14(13)11-17(15)16/h5,8-12H,3-4,6-7H2,1-2H3. The van der Waals surface area contributed by atoms with Gasteiger partial charge in [-0.1, -0.05) is 44.2 Å². The van der Waals surface area contributed by atoms with Crippen molar-refractivity contribution in [1.82, 2.24) is 0 Å². The maximum atomic E-state index is 2.46. The molecular formula is C17H20. The zero-order chi connectivity index (χ0) is 11.8. The molecule has 0 radical (unpaired) electrons. The van der Waals surface area contributed by atoms with Crippen LogP contribution in [0.5, 0.6) is 0 Å². The molecule has 2 aromatic rings. The summed E-state index contributed by atoms with van der Waals surface area (Å²) in [6, 6.07) is 11.6. The molecule has 1 aliphatic carbocycles. The monoisotopic (exact) mass is 224 g/mol. The minimum Gasteiger partial charge on any atom is -0.0613 e. The van der Waals surface area contributed by atoms with Crippen molar-refractivity contribution in [2.24, 2.45) is 0 Å². The Balaban J connectivity index is 2.26. The molecule has 17 heavy (non-hydrogen) atoms. The van der Waals surface area contributed by atoms with E-state index in [1.165, 1.54) is 42.0 Å². The van der Waals surface area contributed by atoms with Crippen molar-refractivity contribution >= 4 is 10.8 Å². The highest BCUT2D eigenvalue weighted by molar-refractivity contribution is 5.87. The quantitative estimate of drug-likeness (QED) is 0.650. The van der Waals surface area contributed by atoms with Gasteiger partial charge in [-0.05, 0) is 59.1 Å². The predicted octanol–water partition coefficient (Wildman–Crippen LogP) is 4.84. The fourth-order valence-corrected chi connectivity index (χ4v) is 3.04. The van der Waals surface area contributed by atoms with Gasteiger partial charge in [0.25, 0.3) is 0 Å². The van der Waals surface area contributed by atoms with E-state index in [-0.39, 0.29) is 0 Å². The SMILES string of the molecule is CC(C)c1cccc2cc3c(cc12)CCCC3. The molecule has 0 aliphatic heterocycles. The highest BCUT2D eigenvalue weighted by atomic mass is 14.2. The van der Waals surface area contributed by atoms with E-state index in [4.69, 9.17) is 0 Å². The van der Waals surface area contributed by atoms with E-state index in [0.29, 0.717) is 5.92 Å². The topological polar surface area (TPSA) is 0 Å². The Labute approximate surface area is 104 Å². The molecule has 0 N–H and O–H groups in total. The average Bonchev–Trinajstić information content (AvgIpc) is 2.35. The third-order valence-corrected chi connectivity index (χ3v) is 4.00. The molecule has 0 fully saturated rings. The zero-order valence-electron chi connectivity index (χ0n) is 10.8. The van der Waals surface area contributed by atoms with Gasteiger partial charge < -0.3 is 0 Å². The molecule has 0 heterocycles. The summed E-state index contributed by atoms with van der Waals surface area (Å²) in [5.74, 6) is 0.611. The fourth-order valence-electron chi connectivity index (χ4n) is 3.04. The van der Waals surface area contributed by atoms with Crippen LogP contribution in [0.1, 0.15) is 49.3 Å². The summed E-state index contributed by atoms with van der Waals surface area (Å²) in [5, 5.41) is 2.90. The first-order valence-corrected chi connectivity index (χ1v) is 6.80. The smallest absolute Gasteiger partial charge is 0.0146 e. The highest BCUT2D eigenvalue weighted by Gasteiger charge is 2.12. The molecule has 2 aromatic carbocycles. The molecule has 0 bridgehead atoms. The van der Waals surface area contributed by atoms with Crippen LogP contribution in [0.3, 0.4) is 0 Å². The second kappa shape index (κ2) is 4.18. The minimum absolute atomic E-state index is 0.611. The molecular weight excluding hydrogens is 204 g/mol. The molecule has 0 spiro atoms. The van der Waals surface area contributed by atoms with E-state index in [2.05, 4.69) is 44.2 Å². The first-order valence-electron chi connectivity index (χ1n) is 6.80. The molecule has 0 saturated heterocycles. The Morgan fingerprint density at radius 3 is 2.35 bits per heavy atom. The van der Waals surface area contributed by atoms with Crippen molar-refractivity contribution in [3.05, 3.63) is 47.0 Å². The van der Waals surface area contributed by atoms with Crippen LogP contribution < -0.4 is 0 Å². The molecule has 3 rings (SSSR count). The number of aryl methyl sites for hydroxylation is 2. The van der Waals surface area contributed by atoms with Gasteiger partial charge in [0.15, 0.2) is 0 Å². The van der Waals surface area contributed by atoms with E-state index >= 15 is 0 Å². The largest absolute Gasteiger partial charge is 0.0613 e. The van der Waals surface area contributed by atoms with Gasteiger partial charge in [-0.25, -0.2) is 0 Å². The van der Waals surface area contributed by atoms with Gasteiger partial charge in [0.05, 0.1) is 0 Å².